The van der Waals surface area contributed by atoms with Crippen molar-refractivity contribution in [2.24, 2.45) is 0 Å². The number of benzene rings is 2. The van der Waals surface area contributed by atoms with Crippen molar-refractivity contribution < 1.29 is 19.2 Å². The Morgan fingerprint density at radius 3 is 2.65 bits per heavy atom. The summed E-state index contributed by atoms with van der Waals surface area (Å²) in [6.45, 7) is 1.86. The van der Waals surface area contributed by atoms with Gasteiger partial charge in [0.2, 0.25) is 0 Å². The lowest BCUT2D eigenvalue weighted by molar-refractivity contribution is 0.0703. The lowest BCUT2D eigenvalue weighted by Gasteiger charge is -2.12. The molecule has 0 fully saturated rings. The molecule has 5 nitrogen and oxygen atoms in total. The molecule has 2 N–H and O–H groups in total. The van der Waals surface area contributed by atoms with Gasteiger partial charge in [0.05, 0.1) is 7.11 Å². The zero-order valence-electron chi connectivity index (χ0n) is 14.2. The second kappa shape index (κ2) is 7.82. The number of aryl methyl sites for hydroxylation is 1. The number of hydrogen-bond donors (Lipinski definition) is 2. The predicted octanol–water partition coefficient (Wildman–Crippen LogP) is 4.57. The Morgan fingerprint density at radius 1 is 1.19 bits per heavy atom. The van der Waals surface area contributed by atoms with Crippen molar-refractivity contribution in [3.05, 3.63) is 65.0 Å². The summed E-state index contributed by atoms with van der Waals surface area (Å²) in [7, 11) is 1.58. The minimum atomic E-state index is -1.55. The van der Waals surface area contributed by atoms with E-state index in [1.54, 1.807) is 25.3 Å². The van der Waals surface area contributed by atoms with E-state index < -0.39 is 17.3 Å². The van der Waals surface area contributed by atoms with Gasteiger partial charge in [0, 0.05) is 10.4 Å². The van der Waals surface area contributed by atoms with Crippen LogP contribution in [0.15, 0.2) is 59.5 Å². The molecule has 0 saturated carbocycles. The largest absolute Gasteiger partial charge is 0.588 e. The topological polar surface area (TPSA) is 81.6 Å². The molecule has 1 atom stereocenters. The Balaban J connectivity index is 1.95. The highest BCUT2D eigenvalue weighted by Crippen LogP contribution is 2.37. The lowest BCUT2D eigenvalue weighted by atomic mass is 10.2. The van der Waals surface area contributed by atoms with E-state index in [0.717, 1.165) is 27.3 Å². The molecular formula is C19H17NO4S2. The van der Waals surface area contributed by atoms with Crippen LogP contribution in [0.25, 0.3) is 10.4 Å². The SMILES string of the molecule is COc1cccc(-c2cc(N[S+]([O-])c3ccccc3C)c(C(=O)O)s2)c1. The molecule has 0 aliphatic rings. The van der Waals surface area contributed by atoms with Crippen molar-refractivity contribution in [1.82, 2.24) is 0 Å². The second-order valence-electron chi connectivity index (χ2n) is 5.53. The van der Waals surface area contributed by atoms with E-state index in [1.165, 1.54) is 0 Å². The number of aromatic carboxylic acids is 1. The Kier molecular flexibility index (Phi) is 5.51. The normalized spacial score (nSPS) is 11.8. The van der Waals surface area contributed by atoms with E-state index in [9.17, 15) is 14.5 Å². The number of hydrogen-bond acceptors (Lipinski definition) is 5. The van der Waals surface area contributed by atoms with Crippen LogP contribution in [0, 0.1) is 6.92 Å². The number of methoxy groups -OCH3 is 1. The van der Waals surface area contributed by atoms with Crippen molar-refractivity contribution in [3.63, 3.8) is 0 Å². The molecule has 0 amide bonds. The number of anilines is 1. The summed E-state index contributed by atoms with van der Waals surface area (Å²) in [6, 6.07) is 16.4. The van der Waals surface area contributed by atoms with Gasteiger partial charge in [-0.15, -0.1) is 11.3 Å². The number of carboxylic acids is 1. The Hall–Kier alpha value is -2.48. The van der Waals surface area contributed by atoms with Crippen LogP contribution in [0.4, 0.5) is 5.69 Å². The summed E-state index contributed by atoms with van der Waals surface area (Å²) in [5.74, 6) is -0.376. The molecule has 0 radical (unpaired) electrons. The molecular weight excluding hydrogens is 370 g/mol. The third-order valence-corrected chi connectivity index (χ3v) is 6.21. The zero-order valence-corrected chi connectivity index (χ0v) is 15.8. The second-order valence-corrected chi connectivity index (χ2v) is 7.76. The molecule has 1 unspecified atom stereocenters. The first-order valence-electron chi connectivity index (χ1n) is 7.75. The molecule has 7 heteroatoms. The van der Waals surface area contributed by atoms with Crippen LogP contribution in [0.1, 0.15) is 15.2 Å². The number of carbonyl (C=O) groups is 1. The van der Waals surface area contributed by atoms with Crippen LogP contribution in [-0.2, 0) is 11.4 Å². The van der Waals surface area contributed by atoms with E-state index in [-0.39, 0.29) is 4.88 Å². The number of ether oxygens (including phenoxy) is 1. The number of carboxylic acid groups (broad SMARTS) is 1. The molecule has 1 heterocycles. The van der Waals surface area contributed by atoms with Crippen LogP contribution in [-0.4, -0.2) is 22.7 Å². The van der Waals surface area contributed by atoms with Gasteiger partial charge in [0.15, 0.2) is 4.90 Å². The molecule has 2 aromatic carbocycles. The molecule has 0 spiro atoms. The van der Waals surface area contributed by atoms with Crippen LogP contribution >= 0.6 is 11.3 Å². The third kappa shape index (κ3) is 3.85. The smallest absolute Gasteiger partial charge is 0.348 e. The molecule has 26 heavy (non-hydrogen) atoms. The van der Waals surface area contributed by atoms with Gasteiger partial charge in [-0.1, -0.05) is 30.3 Å². The number of nitrogens with one attached hydrogen (secondary N) is 1. The Labute approximate surface area is 158 Å². The molecule has 3 rings (SSSR count). The summed E-state index contributed by atoms with van der Waals surface area (Å²) in [6.07, 6.45) is 0. The average molecular weight is 387 g/mol. The minimum Gasteiger partial charge on any atom is -0.588 e. The van der Waals surface area contributed by atoms with Crippen molar-refractivity contribution in [3.8, 4) is 16.2 Å². The summed E-state index contributed by atoms with van der Waals surface area (Å²) in [5, 5.41) is 9.51. The van der Waals surface area contributed by atoms with Gasteiger partial charge < -0.3 is 14.4 Å². The van der Waals surface area contributed by atoms with Gasteiger partial charge >= 0.3 is 5.97 Å². The first-order chi connectivity index (χ1) is 12.5. The highest BCUT2D eigenvalue weighted by atomic mass is 32.2. The summed E-state index contributed by atoms with van der Waals surface area (Å²) < 4.78 is 20.7. The summed E-state index contributed by atoms with van der Waals surface area (Å²) >= 11 is -0.424. The minimum absolute atomic E-state index is 0.116. The first kappa shape index (κ1) is 18.3. The monoisotopic (exact) mass is 387 g/mol. The maximum Gasteiger partial charge on any atom is 0.348 e. The van der Waals surface area contributed by atoms with E-state index in [4.69, 9.17) is 4.74 Å². The maximum absolute atomic E-state index is 12.6. The van der Waals surface area contributed by atoms with E-state index in [0.29, 0.717) is 16.3 Å². The van der Waals surface area contributed by atoms with Gasteiger partial charge in [-0.2, -0.15) is 0 Å². The van der Waals surface area contributed by atoms with Crippen LogP contribution in [0.3, 0.4) is 0 Å². The maximum atomic E-state index is 12.6. The fraction of sp³-hybridized carbons (Fsp3) is 0.105. The molecule has 134 valence electrons. The van der Waals surface area contributed by atoms with Gasteiger partial charge in [0.25, 0.3) is 0 Å². The highest BCUT2D eigenvalue weighted by molar-refractivity contribution is 7.92. The Morgan fingerprint density at radius 2 is 1.96 bits per heavy atom. The van der Waals surface area contributed by atoms with Crippen molar-refractivity contribution in [2.45, 2.75) is 11.8 Å². The first-order valence-corrected chi connectivity index (χ1v) is 9.72. The van der Waals surface area contributed by atoms with Crippen LogP contribution in [0.2, 0.25) is 0 Å². The molecule has 3 aromatic rings. The lowest BCUT2D eigenvalue weighted by Crippen LogP contribution is -2.15. The van der Waals surface area contributed by atoms with Crippen LogP contribution in [0.5, 0.6) is 5.75 Å². The number of rotatable bonds is 6. The molecule has 0 bridgehead atoms. The quantitative estimate of drug-likeness (QED) is 0.606. The third-order valence-electron chi connectivity index (χ3n) is 3.78. The van der Waals surface area contributed by atoms with Gasteiger partial charge in [-0.05, 0) is 36.8 Å². The zero-order chi connectivity index (χ0) is 18.7. The highest BCUT2D eigenvalue weighted by Gasteiger charge is 2.22. The molecule has 0 saturated heterocycles. The van der Waals surface area contributed by atoms with E-state index in [1.807, 2.05) is 43.3 Å². The standard InChI is InChI=1S/C19H17NO4S2/c1-12-6-3-4-9-17(12)26(23)20-15-11-16(25-18(15)19(21)22)13-7-5-8-14(10-13)24-2/h3-11,20H,1-2H3,(H,21,22). The van der Waals surface area contributed by atoms with E-state index in [2.05, 4.69) is 4.72 Å². The fourth-order valence-electron chi connectivity index (χ4n) is 2.46. The summed E-state index contributed by atoms with van der Waals surface area (Å²) in [5.41, 5.74) is 2.05. The van der Waals surface area contributed by atoms with Gasteiger partial charge in [0.1, 0.15) is 27.7 Å². The molecule has 0 aliphatic heterocycles. The fourth-order valence-corrected chi connectivity index (χ4v) is 4.51. The Bertz CT molecular complexity index is 939. The van der Waals surface area contributed by atoms with Crippen LogP contribution < -0.4 is 9.46 Å². The van der Waals surface area contributed by atoms with Crippen molar-refractivity contribution in [1.29, 1.82) is 0 Å². The average Bonchev–Trinajstić information content (AvgIpc) is 3.06. The van der Waals surface area contributed by atoms with Gasteiger partial charge in [-0.25, -0.2) is 9.52 Å². The number of thiophene rings is 1. The predicted molar refractivity (Wildman–Crippen MR) is 104 cm³/mol. The molecule has 1 aromatic heterocycles. The summed E-state index contributed by atoms with van der Waals surface area (Å²) in [4.78, 5) is 13.1. The van der Waals surface area contributed by atoms with Crippen molar-refractivity contribution >= 4 is 34.4 Å². The van der Waals surface area contributed by atoms with E-state index >= 15 is 0 Å². The van der Waals surface area contributed by atoms with Gasteiger partial charge in [-0.3, -0.25) is 0 Å². The molecule has 0 aliphatic carbocycles. The van der Waals surface area contributed by atoms with Crippen molar-refractivity contribution in [2.75, 3.05) is 11.8 Å².